The van der Waals surface area contributed by atoms with Crippen LogP contribution < -0.4 is 10.1 Å². The highest BCUT2D eigenvalue weighted by Gasteiger charge is 2.31. The monoisotopic (exact) mass is 407 g/mol. The highest BCUT2D eigenvalue weighted by Crippen LogP contribution is 2.25. The average molecular weight is 407 g/mol. The summed E-state index contributed by atoms with van der Waals surface area (Å²) in [6.07, 6.45) is 4.29. The van der Waals surface area contributed by atoms with Crippen LogP contribution in [0, 0.1) is 0 Å². The van der Waals surface area contributed by atoms with E-state index in [-0.39, 0.29) is 23.9 Å². The van der Waals surface area contributed by atoms with E-state index in [4.69, 9.17) is 4.74 Å². The van der Waals surface area contributed by atoms with Crippen LogP contribution in [0.4, 0.5) is 4.79 Å². The Morgan fingerprint density at radius 2 is 2.07 bits per heavy atom. The maximum atomic E-state index is 12.5. The Balaban J connectivity index is 1.36. The minimum atomic E-state index is -0.474. The number of carbonyl (C=O) groups excluding carboxylic acids is 2. The molecule has 3 aromatic rings. The molecule has 1 aliphatic carbocycles. The normalized spacial score (nSPS) is 18.3. The number of hydrogen-bond acceptors (Lipinski definition) is 5. The largest absolute Gasteiger partial charge is 0.416 e. The first-order valence-electron chi connectivity index (χ1n) is 10.2. The Morgan fingerprint density at radius 1 is 1.20 bits per heavy atom. The van der Waals surface area contributed by atoms with E-state index >= 15 is 0 Å². The zero-order valence-electron chi connectivity index (χ0n) is 17.1. The third-order valence-corrected chi connectivity index (χ3v) is 5.61. The minimum absolute atomic E-state index is 0.0277. The molecule has 0 spiro atoms. The zero-order chi connectivity index (χ0) is 21.1. The summed E-state index contributed by atoms with van der Waals surface area (Å²) in [5.74, 6) is 0.198. The lowest BCUT2D eigenvalue weighted by Gasteiger charge is -2.23. The number of carbonyl (C=O) groups is 2. The van der Waals surface area contributed by atoms with Gasteiger partial charge >= 0.3 is 6.09 Å². The summed E-state index contributed by atoms with van der Waals surface area (Å²) in [7, 11) is 1.71. The number of fused-ring (bicyclic) bond motifs is 1. The Morgan fingerprint density at radius 3 is 2.83 bits per heavy atom. The quantitative estimate of drug-likeness (QED) is 0.674. The van der Waals surface area contributed by atoms with Gasteiger partial charge in [0, 0.05) is 54.3 Å². The first-order chi connectivity index (χ1) is 14.5. The average Bonchev–Trinajstić information content (AvgIpc) is 3.42. The van der Waals surface area contributed by atoms with Crippen LogP contribution in [0.1, 0.15) is 32.6 Å². The molecular weight excluding hydrogens is 382 g/mol. The van der Waals surface area contributed by atoms with Crippen LogP contribution in [0.5, 0.6) is 5.88 Å². The predicted octanol–water partition coefficient (Wildman–Crippen LogP) is 3.50. The van der Waals surface area contributed by atoms with Crippen LogP contribution in [0.25, 0.3) is 22.2 Å². The molecular formula is C22H25N5O3. The van der Waals surface area contributed by atoms with Crippen LogP contribution >= 0.6 is 0 Å². The van der Waals surface area contributed by atoms with E-state index in [2.05, 4.69) is 20.5 Å². The van der Waals surface area contributed by atoms with Gasteiger partial charge < -0.3 is 19.9 Å². The van der Waals surface area contributed by atoms with Gasteiger partial charge in [0.15, 0.2) is 0 Å². The van der Waals surface area contributed by atoms with E-state index in [0.717, 1.165) is 35.7 Å². The van der Waals surface area contributed by atoms with Crippen molar-refractivity contribution < 1.29 is 14.3 Å². The molecule has 1 fully saturated rings. The number of aromatic nitrogens is 3. The molecule has 1 saturated carbocycles. The molecule has 8 heteroatoms. The maximum Gasteiger partial charge on any atom is 0.416 e. The topological polar surface area (TPSA) is 100 Å². The summed E-state index contributed by atoms with van der Waals surface area (Å²) >= 11 is 0. The van der Waals surface area contributed by atoms with Crippen LogP contribution in [-0.4, -0.2) is 51.2 Å². The van der Waals surface area contributed by atoms with Gasteiger partial charge in [-0.05, 0) is 43.5 Å². The summed E-state index contributed by atoms with van der Waals surface area (Å²) in [5.41, 5.74) is 2.70. The van der Waals surface area contributed by atoms with E-state index in [1.807, 2.05) is 37.4 Å². The summed E-state index contributed by atoms with van der Waals surface area (Å²) in [6.45, 7) is 1.83. The molecule has 30 heavy (non-hydrogen) atoms. The first-order valence-corrected chi connectivity index (χ1v) is 10.2. The van der Waals surface area contributed by atoms with Crippen LogP contribution in [-0.2, 0) is 4.79 Å². The van der Waals surface area contributed by atoms with Crippen molar-refractivity contribution in [2.75, 3.05) is 7.05 Å². The van der Waals surface area contributed by atoms with Crippen molar-refractivity contribution in [2.45, 2.75) is 44.7 Å². The lowest BCUT2D eigenvalue weighted by atomic mass is 10.1. The van der Waals surface area contributed by atoms with Crippen molar-refractivity contribution in [1.29, 1.82) is 0 Å². The molecule has 2 aromatic heterocycles. The zero-order valence-corrected chi connectivity index (χ0v) is 17.1. The molecule has 1 aliphatic rings. The number of nitrogens with one attached hydrogen (secondary N) is 2. The number of benzene rings is 1. The molecule has 2 atom stereocenters. The predicted molar refractivity (Wildman–Crippen MR) is 113 cm³/mol. The molecule has 2 N–H and O–H groups in total. The maximum absolute atomic E-state index is 12.5. The Kier molecular flexibility index (Phi) is 5.65. The number of ether oxygens (including phenoxy) is 1. The smallest absolute Gasteiger partial charge is 0.389 e. The fraction of sp³-hybridized carbons (Fsp3) is 0.364. The molecule has 8 nitrogen and oxygen atoms in total. The van der Waals surface area contributed by atoms with Gasteiger partial charge in [0.05, 0.1) is 5.69 Å². The van der Waals surface area contributed by atoms with Crippen molar-refractivity contribution >= 4 is 22.9 Å². The lowest BCUT2D eigenvalue weighted by molar-refractivity contribution is -0.121. The van der Waals surface area contributed by atoms with E-state index in [9.17, 15) is 9.59 Å². The molecule has 0 bridgehead atoms. The Hall–Kier alpha value is -3.42. The standard InChI is InChI=1S/C22H25N5O3/c1-3-20(28)24-16-5-6-17(13-16)27(2)22(29)30-21-9-8-19(25-26-21)14-4-7-18-15(12-14)10-11-23-18/h4,7-12,16-17,23H,3,5-6,13H2,1-2H3,(H,24,28)/t16-,17+/m0/s1. The van der Waals surface area contributed by atoms with Gasteiger partial charge in [-0.25, -0.2) is 4.79 Å². The molecule has 4 rings (SSSR count). The molecule has 2 heterocycles. The summed E-state index contributed by atoms with van der Waals surface area (Å²) in [5, 5.41) is 12.3. The SMILES string of the molecule is CCC(=O)N[C@H]1CC[C@@H](N(C)C(=O)Oc2ccc(-c3ccc4[nH]ccc4c3)nn2)C1. The second kappa shape index (κ2) is 8.52. The van der Waals surface area contributed by atoms with E-state index in [0.29, 0.717) is 12.1 Å². The molecule has 156 valence electrons. The third-order valence-electron chi connectivity index (χ3n) is 5.61. The number of nitrogens with zero attached hydrogens (tertiary/aromatic N) is 3. The van der Waals surface area contributed by atoms with Crippen LogP contribution in [0.15, 0.2) is 42.6 Å². The van der Waals surface area contributed by atoms with Gasteiger partial charge in [-0.3, -0.25) is 4.79 Å². The van der Waals surface area contributed by atoms with Gasteiger partial charge in [-0.15, -0.1) is 10.2 Å². The van der Waals surface area contributed by atoms with Crippen molar-refractivity contribution in [3.05, 3.63) is 42.6 Å². The fourth-order valence-corrected chi connectivity index (χ4v) is 3.82. The second-order valence-corrected chi connectivity index (χ2v) is 7.60. The van der Waals surface area contributed by atoms with E-state index in [1.165, 1.54) is 0 Å². The molecule has 0 unspecified atom stereocenters. The number of hydrogen-bond donors (Lipinski definition) is 2. The van der Waals surface area contributed by atoms with Crippen molar-refractivity contribution in [3.8, 4) is 17.1 Å². The fourth-order valence-electron chi connectivity index (χ4n) is 3.82. The molecule has 0 aliphatic heterocycles. The van der Waals surface area contributed by atoms with Crippen LogP contribution in [0.2, 0.25) is 0 Å². The van der Waals surface area contributed by atoms with E-state index in [1.54, 1.807) is 24.1 Å². The number of rotatable bonds is 5. The van der Waals surface area contributed by atoms with E-state index < -0.39 is 6.09 Å². The molecule has 0 saturated heterocycles. The molecule has 0 radical (unpaired) electrons. The Labute approximate surface area is 174 Å². The molecule has 1 aromatic carbocycles. The van der Waals surface area contributed by atoms with Gasteiger partial charge in [-0.1, -0.05) is 13.0 Å². The van der Waals surface area contributed by atoms with Crippen molar-refractivity contribution in [1.82, 2.24) is 25.4 Å². The first kappa shape index (κ1) is 19.9. The number of amides is 2. The number of H-pyrrole nitrogens is 1. The van der Waals surface area contributed by atoms with Gasteiger partial charge in [-0.2, -0.15) is 0 Å². The highest BCUT2D eigenvalue weighted by molar-refractivity contribution is 5.84. The lowest BCUT2D eigenvalue weighted by Crippen LogP contribution is -2.39. The summed E-state index contributed by atoms with van der Waals surface area (Å²) in [4.78, 5) is 28.8. The van der Waals surface area contributed by atoms with Crippen molar-refractivity contribution in [3.63, 3.8) is 0 Å². The highest BCUT2D eigenvalue weighted by atomic mass is 16.6. The Bertz CT molecular complexity index is 1050. The van der Waals surface area contributed by atoms with Crippen LogP contribution in [0.3, 0.4) is 0 Å². The molecule has 2 amide bonds. The minimum Gasteiger partial charge on any atom is -0.389 e. The summed E-state index contributed by atoms with van der Waals surface area (Å²) in [6, 6.07) is 11.6. The number of aromatic amines is 1. The van der Waals surface area contributed by atoms with Gasteiger partial charge in [0.1, 0.15) is 0 Å². The van der Waals surface area contributed by atoms with Gasteiger partial charge in [0.2, 0.25) is 11.8 Å². The second-order valence-electron chi connectivity index (χ2n) is 7.60. The summed E-state index contributed by atoms with van der Waals surface area (Å²) < 4.78 is 5.40. The third kappa shape index (κ3) is 4.27. The van der Waals surface area contributed by atoms with Crippen molar-refractivity contribution in [2.24, 2.45) is 0 Å². The van der Waals surface area contributed by atoms with Gasteiger partial charge in [0.25, 0.3) is 0 Å².